The van der Waals surface area contributed by atoms with Gasteiger partial charge in [0.05, 0.1) is 18.5 Å². The van der Waals surface area contributed by atoms with Crippen molar-refractivity contribution in [3.05, 3.63) is 41.7 Å². The van der Waals surface area contributed by atoms with Gasteiger partial charge in [-0.3, -0.25) is 4.79 Å². The predicted molar refractivity (Wildman–Crippen MR) is 94.1 cm³/mol. The summed E-state index contributed by atoms with van der Waals surface area (Å²) in [6.07, 6.45) is 0.253. The van der Waals surface area contributed by atoms with Crippen LogP contribution in [0.25, 0.3) is 22.3 Å². The minimum Gasteiger partial charge on any atom is -0.466 e. The Bertz CT molecular complexity index is 848. The number of esters is 1. The van der Waals surface area contributed by atoms with Crippen molar-refractivity contribution >= 4 is 34.4 Å². The van der Waals surface area contributed by atoms with E-state index in [1.807, 2.05) is 36.4 Å². The van der Waals surface area contributed by atoms with Crippen LogP contribution in [0.15, 0.2) is 36.4 Å². The van der Waals surface area contributed by atoms with Crippen molar-refractivity contribution < 1.29 is 9.53 Å². The molecule has 2 N–H and O–H groups in total. The van der Waals surface area contributed by atoms with E-state index in [1.165, 1.54) is 0 Å². The van der Waals surface area contributed by atoms with Crippen LogP contribution < -0.4 is 5.32 Å². The molecule has 3 aromatic rings. The molecule has 2 aromatic heterocycles. The molecule has 0 bridgehead atoms. The Kier molecular flexibility index (Phi) is 4.96. The molecule has 6 nitrogen and oxygen atoms in total. The highest BCUT2D eigenvalue weighted by Gasteiger charge is 2.12. The number of carbonyl (C=O) groups excluding carboxylic acids is 1. The number of aromatic nitrogens is 3. The number of anilines is 1. The third-order valence-corrected chi connectivity index (χ3v) is 3.63. The standard InChI is InChI=1S/C17H17ClN4O2/c1-2-24-14(23)8-9-19-16-15-13(21-17(18)22-16)10-12(20-15)11-6-4-3-5-7-11/h3-7,10,20H,2,8-9H2,1H3,(H,19,21,22). The summed E-state index contributed by atoms with van der Waals surface area (Å²) in [5, 5.41) is 3.27. The normalized spacial score (nSPS) is 10.8. The first-order valence-corrected chi connectivity index (χ1v) is 8.06. The fraction of sp³-hybridized carbons (Fsp3) is 0.235. The zero-order valence-electron chi connectivity index (χ0n) is 13.2. The Morgan fingerprint density at radius 2 is 2.08 bits per heavy atom. The van der Waals surface area contributed by atoms with Crippen LogP contribution >= 0.6 is 11.6 Å². The molecule has 1 aromatic carbocycles. The molecule has 0 fully saturated rings. The van der Waals surface area contributed by atoms with Gasteiger partial charge in [-0.1, -0.05) is 30.3 Å². The van der Waals surface area contributed by atoms with Gasteiger partial charge in [-0.2, -0.15) is 4.98 Å². The largest absolute Gasteiger partial charge is 0.466 e. The molecule has 7 heteroatoms. The van der Waals surface area contributed by atoms with E-state index < -0.39 is 0 Å². The van der Waals surface area contributed by atoms with E-state index in [-0.39, 0.29) is 17.7 Å². The Labute approximate surface area is 144 Å². The molecule has 0 aliphatic rings. The SMILES string of the molecule is CCOC(=O)CCNc1nc(Cl)nc2cc(-c3ccccc3)[nH]c12. The van der Waals surface area contributed by atoms with Gasteiger partial charge in [0.2, 0.25) is 5.28 Å². The van der Waals surface area contributed by atoms with Crippen molar-refractivity contribution in [3.63, 3.8) is 0 Å². The Morgan fingerprint density at radius 3 is 2.83 bits per heavy atom. The maximum Gasteiger partial charge on any atom is 0.307 e. The first-order valence-electron chi connectivity index (χ1n) is 7.68. The maximum atomic E-state index is 11.4. The number of fused-ring (bicyclic) bond motifs is 1. The monoisotopic (exact) mass is 344 g/mol. The van der Waals surface area contributed by atoms with Gasteiger partial charge in [0.1, 0.15) is 5.52 Å². The van der Waals surface area contributed by atoms with Gasteiger partial charge in [-0.15, -0.1) is 0 Å². The molecular weight excluding hydrogens is 328 g/mol. The topological polar surface area (TPSA) is 79.9 Å². The van der Waals surface area contributed by atoms with E-state index in [2.05, 4.69) is 20.3 Å². The zero-order chi connectivity index (χ0) is 16.9. The zero-order valence-corrected chi connectivity index (χ0v) is 13.9. The number of nitrogens with one attached hydrogen (secondary N) is 2. The minimum absolute atomic E-state index is 0.153. The van der Waals surface area contributed by atoms with Crippen LogP contribution in [0.5, 0.6) is 0 Å². The molecule has 3 rings (SSSR count). The van der Waals surface area contributed by atoms with Gasteiger partial charge in [-0.05, 0) is 30.2 Å². The Morgan fingerprint density at radius 1 is 1.29 bits per heavy atom. The number of aromatic amines is 1. The van der Waals surface area contributed by atoms with Crippen molar-refractivity contribution in [1.29, 1.82) is 0 Å². The molecule has 124 valence electrons. The predicted octanol–water partition coefficient (Wildman–Crippen LogP) is 3.64. The van der Waals surface area contributed by atoms with Crippen molar-refractivity contribution in [3.8, 4) is 11.3 Å². The number of ether oxygens (including phenoxy) is 1. The summed E-state index contributed by atoms with van der Waals surface area (Å²) >= 11 is 6.00. The van der Waals surface area contributed by atoms with Gasteiger partial charge in [0.25, 0.3) is 0 Å². The summed E-state index contributed by atoms with van der Waals surface area (Å²) in [6, 6.07) is 11.8. The molecule has 0 atom stereocenters. The van der Waals surface area contributed by atoms with Gasteiger partial charge in [0.15, 0.2) is 5.82 Å². The number of rotatable bonds is 6. The molecule has 0 saturated heterocycles. The molecule has 0 aliphatic heterocycles. The Balaban J connectivity index is 1.85. The molecule has 0 unspecified atom stereocenters. The number of benzene rings is 1. The van der Waals surface area contributed by atoms with Crippen LogP contribution in [0, 0.1) is 0 Å². The molecular formula is C17H17ClN4O2. The van der Waals surface area contributed by atoms with E-state index in [4.69, 9.17) is 16.3 Å². The molecule has 24 heavy (non-hydrogen) atoms. The van der Waals surface area contributed by atoms with Gasteiger partial charge in [0, 0.05) is 12.2 Å². The van der Waals surface area contributed by atoms with Crippen LogP contribution in [-0.2, 0) is 9.53 Å². The smallest absolute Gasteiger partial charge is 0.307 e. The number of hydrogen-bond acceptors (Lipinski definition) is 5. The molecule has 0 aliphatic carbocycles. The van der Waals surface area contributed by atoms with E-state index in [9.17, 15) is 4.79 Å². The first-order chi connectivity index (χ1) is 11.7. The second-order valence-corrected chi connectivity index (χ2v) is 5.47. The van der Waals surface area contributed by atoms with Crippen LogP contribution in [0.2, 0.25) is 5.28 Å². The number of H-pyrrole nitrogens is 1. The van der Waals surface area contributed by atoms with E-state index in [0.717, 1.165) is 16.8 Å². The van der Waals surface area contributed by atoms with Gasteiger partial charge >= 0.3 is 5.97 Å². The van der Waals surface area contributed by atoms with Crippen molar-refractivity contribution in [2.75, 3.05) is 18.5 Å². The highest BCUT2D eigenvalue weighted by atomic mass is 35.5. The van der Waals surface area contributed by atoms with Crippen molar-refractivity contribution in [2.24, 2.45) is 0 Å². The Hall–Kier alpha value is -2.60. The van der Waals surface area contributed by atoms with E-state index in [0.29, 0.717) is 24.5 Å². The maximum absolute atomic E-state index is 11.4. The minimum atomic E-state index is -0.252. The second kappa shape index (κ2) is 7.31. The third kappa shape index (κ3) is 3.65. The lowest BCUT2D eigenvalue weighted by atomic mass is 10.2. The molecule has 0 radical (unpaired) electrons. The van der Waals surface area contributed by atoms with Crippen LogP contribution in [0.3, 0.4) is 0 Å². The lowest BCUT2D eigenvalue weighted by Gasteiger charge is -2.06. The highest BCUT2D eigenvalue weighted by molar-refractivity contribution is 6.28. The first kappa shape index (κ1) is 16.3. The summed E-state index contributed by atoms with van der Waals surface area (Å²) in [6.45, 7) is 2.56. The average molecular weight is 345 g/mol. The molecule has 0 spiro atoms. The summed E-state index contributed by atoms with van der Waals surface area (Å²) in [7, 11) is 0. The van der Waals surface area contributed by atoms with E-state index >= 15 is 0 Å². The van der Waals surface area contributed by atoms with Crippen molar-refractivity contribution in [1.82, 2.24) is 15.0 Å². The summed E-state index contributed by atoms with van der Waals surface area (Å²) in [5.41, 5.74) is 3.44. The van der Waals surface area contributed by atoms with Gasteiger partial charge in [-0.25, -0.2) is 4.98 Å². The van der Waals surface area contributed by atoms with E-state index in [1.54, 1.807) is 6.92 Å². The fourth-order valence-corrected chi connectivity index (χ4v) is 2.58. The van der Waals surface area contributed by atoms with Crippen LogP contribution in [-0.4, -0.2) is 34.1 Å². The quantitative estimate of drug-likeness (QED) is 0.527. The molecule has 0 amide bonds. The molecule has 2 heterocycles. The lowest BCUT2D eigenvalue weighted by molar-refractivity contribution is -0.142. The summed E-state index contributed by atoms with van der Waals surface area (Å²) < 4.78 is 4.91. The van der Waals surface area contributed by atoms with Crippen LogP contribution in [0.4, 0.5) is 5.82 Å². The number of halogens is 1. The number of nitrogens with zero attached hydrogens (tertiary/aromatic N) is 2. The third-order valence-electron chi connectivity index (χ3n) is 3.46. The molecule has 0 saturated carbocycles. The summed E-state index contributed by atoms with van der Waals surface area (Å²) in [5.74, 6) is 0.314. The average Bonchev–Trinajstić information content (AvgIpc) is 3.00. The fourth-order valence-electron chi connectivity index (χ4n) is 2.40. The highest BCUT2D eigenvalue weighted by Crippen LogP contribution is 2.27. The lowest BCUT2D eigenvalue weighted by Crippen LogP contribution is -2.12. The van der Waals surface area contributed by atoms with Crippen LogP contribution in [0.1, 0.15) is 13.3 Å². The number of hydrogen-bond donors (Lipinski definition) is 2. The van der Waals surface area contributed by atoms with Gasteiger partial charge < -0.3 is 15.0 Å². The number of carbonyl (C=O) groups is 1. The van der Waals surface area contributed by atoms with Crippen molar-refractivity contribution in [2.45, 2.75) is 13.3 Å². The summed E-state index contributed by atoms with van der Waals surface area (Å²) in [4.78, 5) is 23.2. The second-order valence-electron chi connectivity index (χ2n) is 5.13.